The zero-order chi connectivity index (χ0) is 6.62. The number of hydrogen-bond acceptors (Lipinski definition) is 0. The Morgan fingerprint density at radius 3 is 2.00 bits per heavy atom. The predicted octanol–water partition coefficient (Wildman–Crippen LogP) is 2.16. The minimum Gasteiger partial charge on any atom is -0.106 e. The van der Waals surface area contributed by atoms with Gasteiger partial charge in [-0.3, -0.25) is 0 Å². The largest absolute Gasteiger partial charge is 0.106 e. The Hall–Kier alpha value is -0.223. The van der Waals surface area contributed by atoms with E-state index in [-0.39, 0.29) is 0 Å². The van der Waals surface area contributed by atoms with E-state index in [0.29, 0.717) is 0 Å². The van der Waals surface area contributed by atoms with Crippen LogP contribution >= 0.6 is 0 Å². The van der Waals surface area contributed by atoms with Gasteiger partial charge in [0.15, 0.2) is 0 Å². The molecule has 1 radical (unpaired) electrons. The van der Waals surface area contributed by atoms with Crippen LogP contribution in [-0.4, -0.2) is 8.07 Å². The maximum absolute atomic E-state index is 3.45. The lowest BCUT2D eigenvalue weighted by atomic mass is 10.7. The van der Waals surface area contributed by atoms with Gasteiger partial charge in [0.25, 0.3) is 0 Å². The van der Waals surface area contributed by atoms with E-state index in [0.717, 1.165) is 6.04 Å². The summed E-state index contributed by atoms with van der Waals surface area (Å²) in [6.07, 6.45) is 0. The van der Waals surface area contributed by atoms with E-state index in [9.17, 15) is 0 Å². The zero-order valence-electron chi connectivity index (χ0n) is 5.91. The van der Waals surface area contributed by atoms with Crippen LogP contribution in [0.3, 0.4) is 0 Å². The van der Waals surface area contributed by atoms with Crippen LogP contribution in [0.15, 0.2) is 0 Å². The third-order valence-electron chi connectivity index (χ3n) is 0.744. The van der Waals surface area contributed by atoms with Crippen molar-refractivity contribution in [2.24, 2.45) is 0 Å². The molecule has 0 aromatic rings. The second-order valence-electron chi connectivity index (χ2n) is 3.09. The SMILES string of the molecule is [CH2]C#CC[Si](C)(C)C. The Balaban J connectivity index is 3.50. The highest BCUT2D eigenvalue weighted by Crippen LogP contribution is 2.05. The molecule has 0 unspecified atom stereocenters. The maximum Gasteiger partial charge on any atom is 0.0573 e. The average Bonchev–Trinajstić information content (AvgIpc) is 1.59. The summed E-state index contributed by atoms with van der Waals surface area (Å²) in [6, 6.07) is 1.08. The molecule has 0 aliphatic rings. The second-order valence-corrected chi connectivity index (χ2v) is 8.57. The molecule has 0 aliphatic heterocycles. The molecule has 0 saturated carbocycles. The smallest absolute Gasteiger partial charge is 0.0573 e. The topological polar surface area (TPSA) is 0 Å². The molecule has 0 aliphatic carbocycles. The van der Waals surface area contributed by atoms with E-state index in [1.165, 1.54) is 0 Å². The summed E-state index contributed by atoms with van der Waals surface area (Å²) < 4.78 is 0. The molecule has 1 heteroatoms. The first-order chi connectivity index (χ1) is 3.56. The molecule has 0 atom stereocenters. The number of rotatable bonds is 1. The predicted molar refractivity (Wildman–Crippen MR) is 41.3 cm³/mol. The molecular weight excluding hydrogens is 112 g/mol. The van der Waals surface area contributed by atoms with Gasteiger partial charge in [-0.25, -0.2) is 0 Å². The van der Waals surface area contributed by atoms with Gasteiger partial charge in [0.1, 0.15) is 0 Å². The van der Waals surface area contributed by atoms with E-state index >= 15 is 0 Å². The van der Waals surface area contributed by atoms with Crippen LogP contribution in [0, 0.1) is 18.8 Å². The molecule has 0 rings (SSSR count). The van der Waals surface area contributed by atoms with Crippen molar-refractivity contribution in [1.29, 1.82) is 0 Å². The second kappa shape index (κ2) is 2.94. The van der Waals surface area contributed by atoms with Crippen LogP contribution in [0.2, 0.25) is 25.7 Å². The van der Waals surface area contributed by atoms with Crippen molar-refractivity contribution in [3.63, 3.8) is 0 Å². The van der Waals surface area contributed by atoms with Crippen molar-refractivity contribution in [3.05, 3.63) is 6.92 Å². The summed E-state index contributed by atoms with van der Waals surface area (Å²) in [7, 11) is -0.892. The molecule has 0 spiro atoms. The van der Waals surface area contributed by atoms with Crippen LogP contribution in [-0.2, 0) is 0 Å². The lowest BCUT2D eigenvalue weighted by Gasteiger charge is -2.09. The van der Waals surface area contributed by atoms with Crippen molar-refractivity contribution in [1.82, 2.24) is 0 Å². The first kappa shape index (κ1) is 7.78. The molecular formula is C7H13Si. The van der Waals surface area contributed by atoms with Crippen LogP contribution in [0.1, 0.15) is 0 Å². The molecule has 0 aromatic carbocycles. The summed E-state index contributed by atoms with van der Waals surface area (Å²) in [6.45, 7) is 10.4. The van der Waals surface area contributed by atoms with E-state index in [4.69, 9.17) is 0 Å². The van der Waals surface area contributed by atoms with Crippen LogP contribution in [0.25, 0.3) is 0 Å². The van der Waals surface area contributed by atoms with Gasteiger partial charge in [0, 0.05) is 13.0 Å². The Morgan fingerprint density at radius 1 is 1.38 bits per heavy atom. The summed E-state index contributed by atoms with van der Waals surface area (Å²) in [5, 5.41) is 0. The van der Waals surface area contributed by atoms with Gasteiger partial charge in [-0.1, -0.05) is 19.6 Å². The van der Waals surface area contributed by atoms with E-state index in [1.54, 1.807) is 0 Å². The molecule has 0 N–H and O–H groups in total. The van der Waals surface area contributed by atoms with Gasteiger partial charge in [0.05, 0.1) is 8.07 Å². The summed E-state index contributed by atoms with van der Waals surface area (Å²) in [5.41, 5.74) is 0. The molecule has 0 aromatic heterocycles. The Labute approximate surface area is 53.3 Å². The van der Waals surface area contributed by atoms with E-state index in [2.05, 4.69) is 38.4 Å². The monoisotopic (exact) mass is 125 g/mol. The Bertz CT molecular complexity index is 109. The van der Waals surface area contributed by atoms with E-state index < -0.39 is 8.07 Å². The van der Waals surface area contributed by atoms with Gasteiger partial charge < -0.3 is 0 Å². The van der Waals surface area contributed by atoms with Crippen molar-refractivity contribution in [2.75, 3.05) is 0 Å². The lowest BCUT2D eigenvalue weighted by Crippen LogP contribution is -2.17. The zero-order valence-corrected chi connectivity index (χ0v) is 6.91. The highest BCUT2D eigenvalue weighted by molar-refractivity contribution is 6.76. The van der Waals surface area contributed by atoms with Gasteiger partial charge in [-0.15, -0.1) is 11.8 Å². The van der Waals surface area contributed by atoms with Crippen molar-refractivity contribution in [3.8, 4) is 11.8 Å². The van der Waals surface area contributed by atoms with Gasteiger partial charge in [0.2, 0.25) is 0 Å². The van der Waals surface area contributed by atoms with Gasteiger partial charge in [-0.2, -0.15) is 0 Å². The third-order valence-corrected chi connectivity index (χ3v) is 1.98. The minimum absolute atomic E-state index is 0.892. The normalized spacial score (nSPS) is 10.0. The number of hydrogen-bond donors (Lipinski definition) is 0. The molecule has 0 nitrogen and oxygen atoms in total. The van der Waals surface area contributed by atoms with Gasteiger partial charge >= 0.3 is 0 Å². The standard InChI is InChI=1S/C7H13Si/c1-5-6-7-8(2,3)4/h1,7H2,2-4H3. The molecule has 8 heavy (non-hydrogen) atoms. The van der Waals surface area contributed by atoms with Crippen molar-refractivity contribution in [2.45, 2.75) is 25.7 Å². The molecule has 0 heterocycles. The Morgan fingerprint density at radius 2 is 1.88 bits per heavy atom. The Kier molecular flexibility index (Phi) is 2.85. The fourth-order valence-corrected chi connectivity index (χ4v) is 0.983. The summed E-state index contributed by atoms with van der Waals surface area (Å²) in [5.74, 6) is 5.65. The molecule has 0 saturated heterocycles. The highest BCUT2D eigenvalue weighted by Gasteiger charge is 2.09. The molecule has 0 fully saturated rings. The maximum atomic E-state index is 3.45. The summed E-state index contributed by atoms with van der Waals surface area (Å²) >= 11 is 0. The fourth-order valence-electron chi connectivity index (χ4n) is 0.328. The van der Waals surface area contributed by atoms with Crippen molar-refractivity contribution >= 4 is 8.07 Å². The lowest BCUT2D eigenvalue weighted by molar-refractivity contribution is 1.57. The van der Waals surface area contributed by atoms with Crippen LogP contribution in [0.5, 0.6) is 0 Å². The first-order valence-electron chi connectivity index (χ1n) is 2.81. The highest BCUT2D eigenvalue weighted by atomic mass is 28.3. The van der Waals surface area contributed by atoms with Crippen LogP contribution in [0.4, 0.5) is 0 Å². The molecule has 0 bridgehead atoms. The average molecular weight is 125 g/mol. The minimum atomic E-state index is -0.892. The first-order valence-corrected chi connectivity index (χ1v) is 6.52. The van der Waals surface area contributed by atoms with E-state index in [1.807, 2.05) is 0 Å². The third kappa shape index (κ3) is 5.78. The summed E-state index contributed by atoms with van der Waals surface area (Å²) in [4.78, 5) is 0. The fraction of sp³-hybridized carbons (Fsp3) is 0.571. The van der Waals surface area contributed by atoms with Crippen molar-refractivity contribution < 1.29 is 0 Å². The molecule has 45 valence electrons. The van der Waals surface area contributed by atoms with Crippen LogP contribution < -0.4 is 0 Å². The quantitative estimate of drug-likeness (QED) is 0.372. The van der Waals surface area contributed by atoms with Gasteiger partial charge in [-0.05, 0) is 0 Å². The molecule has 0 amide bonds.